The van der Waals surface area contributed by atoms with Crippen molar-refractivity contribution in [2.75, 3.05) is 6.54 Å². The van der Waals surface area contributed by atoms with Crippen LogP contribution in [-0.2, 0) is 17.6 Å². The zero-order chi connectivity index (χ0) is 16.9. The van der Waals surface area contributed by atoms with E-state index in [0.29, 0.717) is 6.54 Å². The quantitative estimate of drug-likeness (QED) is 0.724. The Kier molecular flexibility index (Phi) is 5.94. The summed E-state index contributed by atoms with van der Waals surface area (Å²) in [7, 11) is 0. The third kappa shape index (κ3) is 4.64. The maximum absolute atomic E-state index is 12.3. The molecule has 23 heavy (non-hydrogen) atoms. The molecule has 1 amide bonds. The van der Waals surface area contributed by atoms with Crippen molar-refractivity contribution in [2.24, 2.45) is 5.73 Å². The first-order valence-corrected chi connectivity index (χ1v) is 8.68. The summed E-state index contributed by atoms with van der Waals surface area (Å²) in [6.45, 7) is 4.51. The Labute approximate surface area is 138 Å². The van der Waals surface area contributed by atoms with Gasteiger partial charge in [0.15, 0.2) is 5.78 Å². The minimum atomic E-state index is -0.348. The molecule has 1 aliphatic carbocycles. The van der Waals surface area contributed by atoms with Gasteiger partial charge in [0.05, 0.1) is 0 Å². The summed E-state index contributed by atoms with van der Waals surface area (Å²) in [6.07, 6.45) is 5.45. The Hall–Kier alpha value is -1.68. The van der Waals surface area contributed by atoms with E-state index in [2.05, 4.69) is 11.4 Å². The fourth-order valence-corrected chi connectivity index (χ4v) is 2.98. The third-order valence-electron chi connectivity index (χ3n) is 5.05. The van der Waals surface area contributed by atoms with Crippen molar-refractivity contribution >= 4 is 11.7 Å². The second kappa shape index (κ2) is 7.73. The maximum atomic E-state index is 12.3. The molecule has 0 aliphatic heterocycles. The number of hydrogen-bond donors (Lipinski definition) is 2. The van der Waals surface area contributed by atoms with Gasteiger partial charge in [-0.3, -0.25) is 9.59 Å². The van der Waals surface area contributed by atoms with Gasteiger partial charge in [0, 0.05) is 30.5 Å². The SMILES string of the molecule is CCC(N)(CC)CNC(=O)CCC(=O)c1ccc2c(c1)CCC2. The summed E-state index contributed by atoms with van der Waals surface area (Å²) in [6, 6.07) is 5.95. The number of benzene rings is 1. The molecule has 1 aliphatic rings. The second-order valence-electron chi connectivity index (χ2n) is 6.61. The molecule has 1 aromatic rings. The van der Waals surface area contributed by atoms with Crippen molar-refractivity contribution < 1.29 is 9.59 Å². The second-order valence-corrected chi connectivity index (χ2v) is 6.61. The molecule has 2 rings (SSSR count). The van der Waals surface area contributed by atoms with Crippen molar-refractivity contribution in [3.05, 3.63) is 34.9 Å². The van der Waals surface area contributed by atoms with Gasteiger partial charge >= 0.3 is 0 Å². The fourth-order valence-electron chi connectivity index (χ4n) is 2.98. The molecular weight excluding hydrogens is 288 g/mol. The highest BCUT2D eigenvalue weighted by atomic mass is 16.2. The van der Waals surface area contributed by atoms with Gasteiger partial charge in [-0.2, -0.15) is 0 Å². The third-order valence-corrected chi connectivity index (χ3v) is 5.05. The molecule has 0 saturated carbocycles. The molecule has 0 saturated heterocycles. The first-order chi connectivity index (χ1) is 11.0. The Morgan fingerprint density at radius 3 is 2.52 bits per heavy atom. The number of carbonyl (C=O) groups is 2. The van der Waals surface area contributed by atoms with E-state index in [0.717, 1.165) is 31.2 Å². The lowest BCUT2D eigenvalue weighted by molar-refractivity contribution is -0.121. The summed E-state index contributed by atoms with van der Waals surface area (Å²) < 4.78 is 0. The van der Waals surface area contributed by atoms with Crippen LogP contribution in [0.5, 0.6) is 0 Å². The van der Waals surface area contributed by atoms with E-state index in [1.165, 1.54) is 17.5 Å². The number of Topliss-reactive ketones (excluding diaryl/α,β-unsaturated/α-hetero) is 1. The first-order valence-electron chi connectivity index (χ1n) is 8.68. The Bertz CT molecular complexity index is 577. The average molecular weight is 316 g/mol. The van der Waals surface area contributed by atoms with Crippen LogP contribution in [0, 0.1) is 0 Å². The highest BCUT2D eigenvalue weighted by Gasteiger charge is 2.21. The van der Waals surface area contributed by atoms with Crippen LogP contribution in [0.25, 0.3) is 0 Å². The van der Waals surface area contributed by atoms with Crippen LogP contribution in [0.2, 0.25) is 0 Å². The number of ketones is 1. The molecule has 0 fully saturated rings. The predicted molar refractivity (Wildman–Crippen MR) is 92.5 cm³/mol. The molecule has 4 nitrogen and oxygen atoms in total. The molecule has 0 unspecified atom stereocenters. The van der Waals surface area contributed by atoms with Crippen LogP contribution in [0.3, 0.4) is 0 Å². The van der Waals surface area contributed by atoms with Crippen LogP contribution < -0.4 is 11.1 Å². The maximum Gasteiger partial charge on any atom is 0.220 e. The predicted octanol–water partition coefficient (Wildman–Crippen LogP) is 2.77. The standard InChI is InChI=1S/C19H28N2O2/c1-3-19(20,4-2)13-21-18(23)11-10-17(22)16-9-8-14-6-5-7-15(14)12-16/h8-9,12H,3-7,10-11,13,20H2,1-2H3,(H,21,23). The number of aryl methyl sites for hydroxylation is 2. The van der Waals surface area contributed by atoms with E-state index in [1.54, 1.807) is 0 Å². The lowest BCUT2D eigenvalue weighted by Crippen LogP contribution is -2.49. The lowest BCUT2D eigenvalue weighted by atomic mass is 9.94. The number of amides is 1. The van der Waals surface area contributed by atoms with Crippen LogP contribution in [0.1, 0.15) is 67.4 Å². The molecule has 0 radical (unpaired) electrons. The minimum absolute atomic E-state index is 0.0415. The average Bonchev–Trinajstić information content (AvgIpc) is 3.05. The minimum Gasteiger partial charge on any atom is -0.354 e. The van der Waals surface area contributed by atoms with Gasteiger partial charge in [0.25, 0.3) is 0 Å². The first kappa shape index (κ1) is 17.7. The van der Waals surface area contributed by atoms with Crippen LogP contribution >= 0.6 is 0 Å². The summed E-state index contributed by atoms with van der Waals surface area (Å²) in [5, 5.41) is 2.86. The fraction of sp³-hybridized carbons (Fsp3) is 0.579. The van der Waals surface area contributed by atoms with Gasteiger partial charge in [-0.1, -0.05) is 26.0 Å². The Morgan fingerprint density at radius 1 is 1.13 bits per heavy atom. The monoisotopic (exact) mass is 316 g/mol. The zero-order valence-corrected chi connectivity index (χ0v) is 14.3. The number of fused-ring (bicyclic) bond motifs is 1. The van der Waals surface area contributed by atoms with E-state index in [1.807, 2.05) is 26.0 Å². The molecule has 0 heterocycles. The topological polar surface area (TPSA) is 72.2 Å². The van der Waals surface area contributed by atoms with E-state index in [4.69, 9.17) is 5.73 Å². The van der Waals surface area contributed by atoms with Crippen LogP contribution in [0.15, 0.2) is 18.2 Å². The van der Waals surface area contributed by atoms with E-state index < -0.39 is 0 Å². The summed E-state index contributed by atoms with van der Waals surface area (Å²) in [5.74, 6) is -0.0592. The molecule has 1 aromatic carbocycles. The van der Waals surface area contributed by atoms with Gasteiger partial charge in [-0.25, -0.2) is 0 Å². The number of nitrogens with one attached hydrogen (secondary N) is 1. The number of hydrogen-bond acceptors (Lipinski definition) is 3. The molecule has 126 valence electrons. The van der Waals surface area contributed by atoms with Crippen LogP contribution in [-0.4, -0.2) is 23.8 Å². The van der Waals surface area contributed by atoms with Crippen molar-refractivity contribution in [1.82, 2.24) is 5.32 Å². The molecule has 0 atom stereocenters. The molecule has 4 heteroatoms. The van der Waals surface area contributed by atoms with Gasteiger partial charge in [-0.15, -0.1) is 0 Å². The Morgan fingerprint density at radius 2 is 1.83 bits per heavy atom. The Balaban J connectivity index is 1.81. The number of rotatable bonds is 8. The largest absolute Gasteiger partial charge is 0.354 e. The van der Waals surface area contributed by atoms with E-state index in [9.17, 15) is 9.59 Å². The van der Waals surface area contributed by atoms with Gasteiger partial charge in [-0.05, 0) is 49.3 Å². The summed E-state index contributed by atoms with van der Waals surface area (Å²) in [4.78, 5) is 24.2. The van der Waals surface area contributed by atoms with Crippen molar-refractivity contribution in [2.45, 2.75) is 64.3 Å². The lowest BCUT2D eigenvalue weighted by Gasteiger charge is -2.26. The highest BCUT2D eigenvalue weighted by molar-refractivity contribution is 5.98. The van der Waals surface area contributed by atoms with Crippen molar-refractivity contribution in [3.8, 4) is 0 Å². The zero-order valence-electron chi connectivity index (χ0n) is 14.3. The highest BCUT2D eigenvalue weighted by Crippen LogP contribution is 2.23. The summed E-state index contributed by atoms with van der Waals surface area (Å²) in [5.41, 5.74) is 9.19. The van der Waals surface area contributed by atoms with Crippen molar-refractivity contribution in [1.29, 1.82) is 0 Å². The molecular formula is C19H28N2O2. The summed E-state index contributed by atoms with van der Waals surface area (Å²) >= 11 is 0. The van der Waals surface area contributed by atoms with E-state index in [-0.39, 0.29) is 30.1 Å². The normalized spacial score (nSPS) is 13.7. The van der Waals surface area contributed by atoms with Gasteiger partial charge in [0.1, 0.15) is 0 Å². The van der Waals surface area contributed by atoms with E-state index >= 15 is 0 Å². The number of carbonyl (C=O) groups excluding carboxylic acids is 2. The molecule has 0 bridgehead atoms. The van der Waals surface area contributed by atoms with Gasteiger partial charge in [0.2, 0.25) is 5.91 Å². The van der Waals surface area contributed by atoms with Crippen LogP contribution in [0.4, 0.5) is 0 Å². The molecule has 0 spiro atoms. The van der Waals surface area contributed by atoms with Crippen molar-refractivity contribution in [3.63, 3.8) is 0 Å². The smallest absolute Gasteiger partial charge is 0.220 e. The number of nitrogens with two attached hydrogens (primary N) is 1. The molecule has 3 N–H and O–H groups in total. The van der Waals surface area contributed by atoms with Gasteiger partial charge < -0.3 is 11.1 Å². The molecule has 0 aromatic heterocycles.